The number of aliphatic hydroxyl groups is 1. The number of aryl methyl sites for hydroxylation is 1. The summed E-state index contributed by atoms with van der Waals surface area (Å²) < 4.78 is 0. The zero-order chi connectivity index (χ0) is 14.2. The summed E-state index contributed by atoms with van der Waals surface area (Å²) in [4.78, 5) is 0. The molecule has 0 aromatic heterocycles. The molecule has 0 heterocycles. The van der Waals surface area contributed by atoms with Gasteiger partial charge in [-0.3, -0.25) is 0 Å². The highest BCUT2D eigenvalue weighted by atomic mass is 35.5. The zero-order valence-electron chi connectivity index (χ0n) is 11.1. The number of hydrogen-bond acceptors (Lipinski definition) is 1. The molecule has 0 bridgehead atoms. The maximum Gasteiger partial charge on any atom is 0.0940 e. The van der Waals surface area contributed by atoms with Gasteiger partial charge in [0.2, 0.25) is 0 Å². The average molecular weight is 307 g/mol. The summed E-state index contributed by atoms with van der Waals surface area (Å²) in [6.45, 7) is 0. The van der Waals surface area contributed by atoms with Gasteiger partial charge in [0.1, 0.15) is 0 Å². The molecule has 0 radical (unpaired) electrons. The largest absolute Gasteiger partial charge is 0.385 e. The third-order valence-electron chi connectivity index (χ3n) is 4.07. The normalized spacial score (nSPS) is 21.6. The lowest BCUT2D eigenvalue weighted by atomic mass is 9.76. The first-order valence-corrected chi connectivity index (χ1v) is 7.59. The van der Waals surface area contributed by atoms with Crippen molar-refractivity contribution >= 4 is 23.2 Å². The smallest absolute Gasteiger partial charge is 0.0940 e. The molecule has 0 fully saturated rings. The van der Waals surface area contributed by atoms with Gasteiger partial charge in [-0.2, -0.15) is 0 Å². The Morgan fingerprint density at radius 3 is 2.70 bits per heavy atom. The minimum atomic E-state index is -0.844. The van der Waals surface area contributed by atoms with Gasteiger partial charge in [0, 0.05) is 6.42 Å². The van der Waals surface area contributed by atoms with Crippen LogP contribution >= 0.6 is 23.2 Å². The molecule has 1 nitrogen and oxygen atoms in total. The first-order chi connectivity index (χ1) is 9.60. The zero-order valence-corrected chi connectivity index (χ0v) is 12.6. The molecule has 0 aliphatic heterocycles. The van der Waals surface area contributed by atoms with Gasteiger partial charge in [-0.25, -0.2) is 0 Å². The fourth-order valence-electron chi connectivity index (χ4n) is 3.08. The lowest BCUT2D eigenvalue weighted by Gasteiger charge is -2.35. The van der Waals surface area contributed by atoms with E-state index in [1.165, 1.54) is 5.56 Å². The van der Waals surface area contributed by atoms with Crippen LogP contribution in [0, 0.1) is 0 Å². The van der Waals surface area contributed by atoms with Crippen molar-refractivity contribution in [3.63, 3.8) is 0 Å². The van der Waals surface area contributed by atoms with Gasteiger partial charge < -0.3 is 5.11 Å². The Balaban J connectivity index is 2.00. The fourth-order valence-corrected chi connectivity index (χ4v) is 3.47. The predicted octanol–water partition coefficient (Wildman–Crippen LogP) is 4.76. The molecule has 0 saturated heterocycles. The third kappa shape index (κ3) is 2.46. The van der Waals surface area contributed by atoms with Crippen molar-refractivity contribution in [1.29, 1.82) is 0 Å². The second-order valence-electron chi connectivity index (χ2n) is 5.43. The van der Waals surface area contributed by atoms with Crippen LogP contribution < -0.4 is 0 Å². The van der Waals surface area contributed by atoms with Crippen LogP contribution in [0.2, 0.25) is 10.0 Å². The highest BCUT2D eigenvalue weighted by molar-refractivity contribution is 6.42. The number of halogens is 2. The minimum absolute atomic E-state index is 0.503. The quantitative estimate of drug-likeness (QED) is 0.848. The Labute approximate surface area is 129 Å². The van der Waals surface area contributed by atoms with Gasteiger partial charge in [0.25, 0.3) is 0 Å². The molecule has 20 heavy (non-hydrogen) atoms. The number of fused-ring (bicyclic) bond motifs is 1. The molecular weight excluding hydrogens is 291 g/mol. The maximum atomic E-state index is 11.1. The highest BCUT2D eigenvalue weighted by Gasteiger charge is 2.34. The van der Waals surface area contributed by atoms with Gasteiger partial charge in [-0.1, -0.05) is 59.6 Å². The SMILES string of the molecule is OC1(Cc2cccc(Cl)c2Cl)CCCc2ccccc21. The van der Waals surface area contributed by atoms with E-state index < -0.39 is 5.60 Å². The Bertz CT molecular complexity index is 639. The number of hydrogen-bond donors (Lipinski definition) is 1. The molecule has 2 aromatic carbocycles. The number of rotatable bonds is 2. The van der Waals surface area contributed by atoms with Crippen molar-refractivity contribution in [3.05, 3.63) is 69.2 Å². The van der Waals surface area contributed by atoms with E-state index in [-0.39, 0.29) is 0 Å². The van der Waals surface area contributed by atoms with Gasteiger partial charge in [0.05, 0.1) is 15.6 Å². The summed E-state index contributed by atoms with van der Waals surface area (Å²) in [5.41, 5.74) is 2.32. The molecule has 0 spiro atoms. The van der Waals surface area contributed by atoms with Crippen LogP contribution in [0.1, 0.15) is 29.5 Å². The second-order valence-corrected chi connectivity index (χ2v) is 6.22. The molecule has 104 valence electrons. The molecule has 1 N–H and O–H groups in total. The number of benzene rings is 2. The molecule has 3 rings (SSSR count). The standard InChI is InChI=1S/C17H16Cl2O/c18-15-9-3-6-13(16(15)19)11-17(20)10-4-7-12-5-1-2-8-14(12)17/h1-3,5-6,8-9,20H,4,7,10-11H2. The average Bonchev–Trinajstić information content (AvgIpc) is 2.44. The van der Waals surface area contributed by atoms with Gasteiger partial charge in [-0.15, -0.1) is 0 Å². The first kappa shape index (κ1) is 13.9. The molecule has 1 atom stereocenters. The van der Waals surface area contributed by atoms with Crippen LogP contribution in [0.25, 0.3) is 0 Å². The lowest BCUT2D eigenvalue weighted by Crippen LogP contribution is -2.33. The van der Waals surface area contributed by atoms with Crippen molar-refractivity contribution in [2.45, 2.75) is 31.3 Å². The summed E-state index contributed by atoms with van der Waals surface area (Å²) in [7, 11) is 0. The van der Waals surface area contributed by atoms with E-state index in [4.69, 9.17) is 23.2 Å². The lowest BCUT2D eigenvalue weighted by molar-refractivity contribution is 0.0190. The minimum Gasteiger partial charge on any atom is -0.385 e. The molecule has 2 aromatic rings. The van der Waals surface area contributed by atoms with Crippen LogP contribution in [-0.2, 0) is 18.4 Å². The Hall–Kier alpha value is -1.02. The molecule has 1 aliphatic carbocycles. The van der Waals surface area contributed by atoms with E-state index >= 15 is 0 Å². The summed E-state index contributed by atoms with van der Waals surface area (Å²) in [5.74, 6) is 0. The summed E-state index contributed by atoms with van der Waals surface area (Å²) in [6, 6.07) is 13.7. The van der Waals surface area contributed by atoms with Crippen molar-refractivity contribution in [3.8, 4) is 0 Å². The summed E-state index contributed by atoms with van der Waals surface area (Å²) >= 11 is 12.3. The predicted molar refractivity (Wildman–Crippen MR) is 83.4 cm³/mol. The Morgan fingerprint density at radius 1 is 1.05 bits per heavy atom. The third-order valence-corrected chi connectivity index (χ3v) is 4.93. The maximum absolute atomic E-state index is 11.1. The van der Waals surface area contributed by atoms with Gasteiger partial charge in [0.15, 0.2) is 0 Å². The van der Waals surface area contributed by atoms with Gasteiger partial charge >= 0.3 is 0 Å². The first-order valence-electron chi connectivity index (χ1n) is 6.84. The van der Waals surface area contributed by atoms with Crippen LogP contribution in [0.5, 0.6) is 0 Å². The van der Waals surface area contributed by atoms with E-state index in [0.29, 0.717) is 16.5 Å². The van der Waals surface area contributed by atoms with Crippen molar-refractivity contribution in [2.75, 3.05) is 0 Å². The second kappa shape index (κ2) is 5.40. The Kier molecular flexibility index (Phi) is 3.76. The van der Waals surface area contributed by atoms with Crippen molar-refractivity contribution in [2.24, 2.45) is 0 Å². The van der Waals surface area contributed by atoms with Crippen LogP contribution in [0.4, 0.5) is 0 Å². The highest BCUT2D eigenvalue weighted by Crippen LogP contribution is 2.39. The molecule has 3 heteroatoms. The van der Waals surface area contributed by atoms with E-state index in [0.717, 1.165) is 30.4 Å². The van der Waals surface area contributed by atoms with Crippen molar-refractivity contribution in [1.82, 2.24) is 0 Å². The molecule has 1 aliphatic rings. The summed E-state index contributed by atoms with van der Waals surface area (Å²) in [5, 5.41) is 12.2. The van der Waals surface area contributed by atoms with E-state index in [1.807, 2.05) is 30.3 Å². The van der Waals surface area contributed by atoms with Crippen LogP contribution in [-0.4, -0.2) is 5.11 Å². The van der Waals surface area contributed by atoms with Crippen LogP contribution in [0.15, 0.2) is 42.5 Å². The molecular formula is C17H16Cl2O. The van der Waals surface area contributed by atoms with E-state index in [2.05, 4.69) is 6.07 Å². The van der Waals surface area contributed by atoms with Crippen molar-refractivity contribution < 1.29 is 5.11 Å². The molecule has 0 saturated carbocycles. The molecule has 0 amide bonds. The van der Waals surface area contributed by atoms with Crippen LogP contribution in [0.3, 0.4) is 0 Å². The van der Waals surface area contributed by atoms with E-state index in [9.17, 15) is 5.11 Å². The fraction of sp³-hybridized carbons (Fsp3) is 0.294. The monoisotopic (exact) mass is 306 g/mol. The van der Waals surface area contributed by atoms with E-state index in [1.54, 1.807) is 6.07 Å². The Morgan fingerprint density at radius 2 is 1.85 bits per heavy atom. The topological polar surface area (TPSA) is 20.2 Å². The summed E-state index contributed by atoms with van der Waals surface area (Å²) in [6.07, 6.45) is 3.28. The van der Waals surface area contributed by atoms with Gasteiger partial charge in [-0.05, 0) is 42.0 Å². The molecule has 1 unspecified atom stereocenters.